The van der Waals surface area contributed by atoms with Crippen molar-refractivity contribution in [2.24, 2.45) is 5.92 Å². The molecule has 0 aliphatic heterocycles. The number of anilines is 1. The molecule has 0 fully saturated rings. The van der Waals surface area contributed by atoms with E-state index in [1.54, 1.807) is 11.3 Å². The molecule has 0 radical (unpaired) electrons. The highest BCUT2D eigenvalue weighted by Crippen LogP contribution is 2.26. The predicted octanol–water partition coefficient (Wildman–Crippen LogP) is 3.18. The number of thiazole rings is 1. The van der Waals surface area contributed by atoms with Crippen LogP contribution in [0.2, 0.25) is 0 Å². The van der Waals surface area contributed by atoms with Crippen LogP contribution in [0, 0.1) is 12.8 Å². The molecule has 5 nitrogen and oxygen atoms in total. The number of aliphatic hydroxyl groups excluding tert-OH is 1. The molecule has 0 saturated carbocycles. The lowest BCUT2D eigenvalue weighted by Gasteiger charge is -2.14. The van der Waals surface area contributed by atoms with Gasteiger partial charge in [0.25, 0.3) is 0 Å². The second-order valence-electron chi connectivity index (χ2n) is 5.64. The Kier molecular flexibility index (Phi) is 4.73. The van der Waals surface area contributed by atoms with Crippen molar-refractivity contribution in [1.29, 1.82) is 0 Å². The molecular weight excluding hydrogens is 310 g/mol. The molecule has 1 aliphatic rings. The Bertz CT molecular complexity index is 726. The first-order valence-electron chi connectivity index (χ1n) is 7.53. The number of hydrogen-bond acceptors (Lipinski definition) is 4. The summed E-state index contributed by atoms with van der Waals surface area (Å²) in [6.07, 6.45) is 4.61. The first-order chi connectivity index (χ1) is 11.1. The number of aryl methyl sites for hydroxylation is 1. The van der Waals surface area contributed by atoms with E-state index in [0.717, 1.165) is 28.4 Å². The highest BCUT2D eigenvalue weighted by atomic mass is 32.1. The van der Waals surface area contributed by atoms with Crippen molar-refractivity contribution in [3.63, 3.8) is 0 Å². The zero-order chi connectivity index (χ0) is 16.2. The fraction of sp³-hybridized carbons (Fsp3) is 0.294. The Morgan fingerprint density at radius 3 is 3.00 bits per heavy atom. The van der Waals surface area contributed by atoms with Crippen molar-refractivity contribution in [1.82, 2.24) is 10.3 Å². The third-order valence-electron chi connectivity index (χ3n) is 3.71. The van der Waals surface area contributed by atoms with E-state index in [4.69, 9.17) is 5.11 Å². The number of carbonyl (C=O) groups excluding carboxylic acids is 1. The summed E-state index contributed by atoms with van der Waals surface area (Å²) in [5.74, 6) is 0.136. The minimum absolute atomic E-state index is 0.0306. The van der Waals surface area contributed by atoms with Crippen LogP contribution in [0.15, 0.2) is 41.8 Å². The van der Waals surface area contributed by atoms with E-state index in [0.29, 0.717) is 0 Å². The van der Waals surface area contributed by atoms with E-state index in [2.05, 4.69) is 15.6 Å². The molecule has 0 bridgehead atoms. The zero-order valence-electron chi connectivity index (χ0n) is 12.8. The SMILES string of the molecule is Cc1csc(-c2cccc(NC(=O)N[C@@H]3C=C[C@H](CO)C3)c2)n1. The van der Waals surface area contributed by atoms with Crippen molar-refractivity contribution in [2.75, 3.05) is 11.9 Å². The van der Waals surface area contributed by atoms with Gasteiger partial charge in [-0.25, -0.2) is 9.78 Å². The van der Waals surface area contributed by atoms with Crippen LogP contribution < -0.4 is 10.6 Å². The second kappa shape index (κ2) is 6.93. The lowest BCUT2D eigenvalue weighted by molar-refractivity contribution is 0.238. The Hall–Kier alpha value is -2.18. The smallest absolute Gasteiger partial charge is 0.319 e. The fourth-order valence-corrected chi connectivity index (χ4v) is 3.36. The van der Waals surface area contributed by atoms with Gasteiger partial charge >= 0.3 is 6.03 Å². The van der Waals surface area contributed by atoms with Crippen molar-refractivity contribution in [2.45, 2.75) is 19.4 Å². The third kappa shape index (κ3) is 3.97. The maximum Gasteiger partial charge on any atom is 0.319 e. The summed E-state index contributed by atoms with van der Waals surface area (Å²) in [5, 5.41) is 17.8. The molecule has 1 aromatic heterocycles. The van der Waals surface area contributed by atoms with Crippen molar-refractivity contribution in [3.05, 3.63) is 47.5 Å². The Morgan fingerprint density at radius 1 is 1.43 bits per heavy atom. The molecule has 6 heteroatoms. The molecule has 3 N–H and O–H groups in total. The normalized spacial score (nSPS) is 19.7. The highest BCUT2D eigenvalue weighted by molar-refractivity contribution is 7.13. The molecule has 2 atom stereocenters. The third-order valence-corrected chi connectivity index (χ3v) is 4.72. The van der Waals surface area contributed by atoms with Crippen LogP contribution in [0.4, 0.5) is 10.5 Å². The van der Waals surface area contributed by atoms with Crippen LogP contribution in [-0.4, -0.2) is 28.8 Å². The summed E-state index contributed by atoms with van der Waals surface area (Å²) >= 11 is 1.59. The van der Waals surface area contributed by atoms with Gasteiger partial charge in [-0.15, -0.1) is 11.3 Å². The minimum atomic E-state index is -0.245. The van der Waals surface area contributed by atoms with Crippen LogP contribution in [0.5, 0.6) is 0 Å². The lowest BCUT2D eigenvalue weighted by atomic mass is 10.1. The quantitative estimate of drug-likeness (QED) is 0.754. The van der Waals surface area contributed by atoms with Gasteiger partial charge in [0.15, 0.2) is 0 Å². The average Bonchev–Trinajstić information content (AvgIpc) is 3.16. The Morgan fingerprint density at radius 2 is 2.30 bits per heavy atom. The topological polar surface area (TPSA) is 74.2 Å². The van der Waals surface area contributed by atoms with Crippen molar-refractivity contribution >= 4 is 23.1 Å². The number of rotatable bonds is 4. The second-order valence-corrected chi connectivity index (χ2v) is 6.50. The molecule has 1 aromatic carbocycles. The molecule has 23 heavy (non-hydrogen) atoms. The van der Waals surface area contributed by atoms with E-state index in [9.17, 15) is 4.79 Å². The molecular formula is C17H19N3O2S. The maximum atomic E-state index is 12.1. The lowest BCUT2D eigenvalue weighted by Crippen LogP contribution is -2.36. The number of amides is 2. The molecule has 120 valence electrons. The van der Waals surface area contributed by atoms with Gasteiger partial charge in [-0.05, 0) is 25.5 Å². The largest absolute Gasteiger partial charge is 0.396 e. The van der Waals surface area contributed by atoms with Crippen molar-refractivity contribution < 1.29 is 9.90 Å². The molecule has 0 unspecified atom stereocenters. The molecule has 0 spiro atoms. The van der Waals surface area contributed by atoms with Gasteiger partial charge < -0.3 is 15.7 Å². The van der Waals surface area contributed by atoms with Gasteiger partial charge in [0.1, 0.15) is 5.01 Å². The summed E-state index contributed by atoms with van der Waals surface area (Å²) in [4.78, 5) is 16.5. The minimum Gasteiger partial charge on any atom is -0.396 e. The number of hydrogen-bond donors (Lipinski definition) is 3. The number of aliphatic hydroxyl groups is 1. The monoisotopic (exact) mass is 329 g/mol. The number of carbonyl (C=O) groups is 1. The van der Waals surface area contributed by atoms with Gasteiger partial charge in [-0.3, -0.25) is 0 Å². The number of nitrogens with one attached hydrogen (secondary N) is 2. The van der Waals surface area contributed by atoms with Crippen molar-refractivity contribution in [3.8, 4) is 10.6 Å². The highest BCUT2D eigenvalue weighted by Gasteiger charge is 2.19. The van der Waals surface area contributed by atoms with Gasteiger partial charge in [-0.2, -0.15) is 0 Å². The van der Waals surface area contributed by atoms with E-state index in [-0.39, 0.29) is 24.6 Å². The van der Waals surface area contributed by atoms with Crippen LogP contribution >= 0.6 is 11.3 Å². The van der Waals surface area contributed by atoms with Crippen LogP contribution in [-0.2, 0) is 0 Å². The predicted molar refractivity (Wildman–Crippen MR) is 92.6 cm³/mol. The number of aromatic nitrogens is 1. The van der Waals surface area contributed by atoms with Crippen LogP contribution in [0.25, 0.3) is 10.6 Å². The Labute approximate surface area is 139 Å². The van der Waals surface area contributed by atoms with Gasteiger partial charge in [0.05, 0.1) is 0 Å². The summed E-state index contributed by atoms with van der Waals surface area (Å²) in [5.41, 5.74) is 2.71. The number of benzene rings is 1. The molecule has 2 aromatic rings. The number of urea groups is 1. The Balaban J connectivity index is 1.62. The average molecular weight is 329 g/mol. The number of nitrogens with zero attached hydrogens (tertiary/aromatic N) is 1. The van der Waals surface area contributed by atoms with Crippen LogP contribution in [0.3, 0.4) is 0 Å². The molecule has 1 aliphatic carbocycles. The van der Waals surface area contributed by atoms with Gasteiger partial charge in [0, 0.05) is 40.9 Å². The first kappa shape index (κ1) is 15.7. The summed E-state index contributed by atoms with van der Waals surface area (Å²) < 4.78 is 0. The maximum absolute atomic E-state index is 12.1. The van der Waals surface area contributed by atoms with E-state index in [1.165, 1.54) is 0 Å². The van der Waals surface area contributed by atoms with Gasteiger partial charge in [0.2, 0.25) is 0 Å². The first-order valence-corrected chi connectivity index (χ1v) is 8.41. The summed E-state index contributed by atoms with van der Waals surface area (Å²) in [7, 11) is 0. The summed E-state index contributed by atoms with van der Waals surface area (Å²) in [6, 6.07) is 7.37. The molecule has 0 saturated heterocycles. The van der Waals surface area contributed by atoms with E-state index >= 15 is 0 Å². The fourth-order valence-electron chi connectivity index (χ4n) is 2.57. The zero-order valence-corrected chi connectivity index (χ0v) is 13.6. The molecule has 3 rings (SSSR count). The van der Waals surface area contributed by atoms with Gasteiger partial charge in [-0.1, -0.05) is 24.3 Å². The van der Waals surface area contributed by atoms with E-state index in [1.807, 2.05) is 48.7 Å². The van der Waals surface area contributed by atoms with Crippen LogP contribution in [0.1, 0.15) is 12.1 Å². The molecule has 2 amide bonds. The van der Waals surface area contributed by atoms with E-state index < -0.39 is 0 Å². The standard InChI is InChI=1S/C17H19N3O2S/c1-11-10-23-16(18-11)13-3-2-4-14(8-13)19-17(22)20-15-6-5-12(7-15)9-21/h2-6,8,10,12,15,21H,7,9H2,1H3,(H2,19,20,22)/t12-,15+/m0/s1. The molecule has 1 heterocycles. The summed E-state index contributed by atoms with van der Waals surface area (Å²) in [6.45, 7) is 2.08.